The largest absolute Gasteiger partial charge is 0.481 e. The fraction of sp³-hybridized carbons (Fsp3) is 0.833. The summed E-state index contributed by atoms with van der Waals surface area (Å²) in [6, 6.07) is -0.0417. The molecule has 0 aliphatic carbocycles. The first-order chi connectivity index (χ1) is 8.02. The van der Waals surface area contributed by atoms with Crippen molar-refractivity contribution in [3.63, 3.8) is 0 Å². The Morgan fingerprint density at radius 2 is 1.76 bits per heavy atom. The quantitative estimate of drug-likeness (QED) is 0.818. The molecule has 98 valence electrons. The normalized spacial score (nSPS) is 18.4. The monoisotopic (exact) mass is 242 g/mol. The molecule has 0 bridgehead atoms. The molecule has 0 radical (unpaired) electrons. The van der Waals surface area contributed by atoms with Crippen molar-refractivity contribution in [2.45, 2.75) is 32.6 Å². The van der Waals surface area contributed by atoms with Gasteiger partial charge in [0.2, 0.25) is 0 Å². The van der Waals surface area contributed by atoms with Crippen LogP contribution in [-0.2, 0) is 4.79 Å². The Morgan fingerprint density at radius 1 is 1.24 bits per heavy atom. The van der Waals surface area contributed by atoms with Gasteiger partial charge in [0.25, 0.3) is 0 Å². The number of carbonyl (C=O) groups is 2. The van der Waals surface area contributed by atoms with Crippen LogP contribution in [-0.4, -0.2) is 53.6 Å². The summed E-state index contributed by atoms with van der Waals surface area (Å²) in [5.74, 6) is -1.38. The van der Waals surface area contributed by atoms with E-state index in [4.69, 9.17) is 5.11 Å². The summed E-state index contributed by atoms with van der Waals surface area (Å²) in [6.45, 7) is 3.48. The summed E-state index contributed by atoms with van der Waals surface area (Å²) >= 11 is 0. The highest BCUT2D eigenvalue weighted by Crippen LogP contribution is 2.12. The maximum atomic E-state index is 12.1. The van der Waals surface area contributed by atoms with Gasteiger partial charge in [-0.25, -0.2) is 4.79 Å². The van der Waals surface area contributed by atoms with E-state index in [1.807, 2.05) is 4.90 Å². The number of hydrogen-bond donors (Lipinski definition) is 1. The van der Waals surface area contributed by atoms with Crippen molar-refractivity contribution < 1.29 is 14.7 Å². The van der Waals surface area contributed by atoms with E-state index in [2.05, 4.69) is 0 Å². The van der Waals surface area contributed by atoms with Crippen LogP contribution in [0.15, 0.2) is 0 Å². The van der Waals surface area contributed by atoms with Gasteiger partial charge in [0.05, 0.1) is 5.92 Å². The molecule has 1 rings (SSSR count). The highest BCUT2D eigenvalue weighted by molar-refractivity contribution is 5.75. The van der Waals surface area contributed by atoms with E-state index in [0.29, 0.717) is 0 Å². The molecule has 0 aromatic heterocycles. The van der Waals surface area contributed by atoms with Crippen molar-refractivity contribution in [3.8, 4) is 0 Å². The van der Waals surface area contributed by atoms with Crippen LogP contribution in [0.4, 0.5) is 4.79 Å². The molecule has 0 aromatic rings. The molecule has 1 aliphatic rings. The Morgan fingerprint density at radius 3 is 2.24 bits per heavy atom. The van der Waals surface area contributed by atoms with E-state index in [9.17, 15) is 9.59 Å². The van der Waals surface area contributed by atoms with Gasteiger partial charge in [-0.3, -0.25) is 4.79 Å². The molecular formula is C12H22N2O3. The lowest BCUT2D eigenvalue weighted by molar-refractivity contribution is -0.141. The Kier molecular flexibility index (Phi) is 5.25. The molecule has 1 atom stereocenters. The Balaban J connectivity index is 2.47. The number of urea groups is 1. The number of likely N-dealkylation sites (tertiary alicyclic amines) is 1. The van der Waals surface area contributed by atoms with Gasteiger partial charge in [-0.05, 0) is 12.8 Å². The first-order valence-electron chi connectivity index (χ1n) is 6.25. The summed E-state index contributed by atoms with van der Waals surface area (Å²) in [5.41, 5.74) is 0. The second kappa shape index (κ2) is 6.47. The van der Waals surface area contributed by atoms with Crippen LogP contribution < -0.4 is 0 Å². The third-order valence-corrected chi connectivity index (χ3v) is 3.17. The van der Waals surface area contributed by atoms with Crippen LogP contribution in [0.2, 0.25) is 0 Å². The fourth-order valence-corrected chi connectivity index (χ4v) is 2.07. The van der Waals surface area contributed by atoms with Gasteiger partial charge in [0.15, 0.2) is 0 Å². The first kappa shape index (κ1) is 13.8. The van der Waals surface area contributed by atoms with E-state index >= 15 is 0 Å². The molecule has 1 N–H and O–H groups in total. The maximum absolute atomic E-state index is 12.1. The van der Waals surface area contributed by atoms with E-state index in [-0.39, 0.29) is 12.6 Å². The molecule has 1 saturated heterocycles. The van der Waals surface area contributed by atoms with Crippen molar-refractivity contribution in [1.82, 2.24) is 9.80 Å². The van der Waals surface area contributed by atoms with Crippen molar-refractivity contribution in [2.75, 3.05) is 26.7 Å². The number of carbonyl (C=O) groups excluding carboxylic acids is 1. The molecule has 0 aromatic carbocycles. The number of rotatable bonds is 3. The second-order valence-corrected chi connectivity index (χ2v) is 4.80. The molecule has 1 unspecified atom stereocenters. The van der Waals surface area contributed by atoms with Gasteiger partial charge in [0.1, 0.15) is 0 Å². The van der Waals surface area contributed by atoms with Crippen LogP contribution in [0.1, 0.15) is 32.6 Å². The lowest BCUT2D eigenvalue weighted by Gasteiger charge is -2.28. The minimum atomic E-state index is -0.861. The molecule has 1 heterocycles. The lowest BCUT2D eigenvalue weighted by Crippen LogP contribution is -2.44. The summed E-state index contributed by atoms with van der Waals surface area (Å²) < 4.78 is 0. The SMILES string of the molecule is CC(CN(C)C(=O)N1CCCCCC1)C(=O)O. The number of carboxylic acid groups (broad SMARTS) is 1. The van der Waals surface area contributed by atoms with Crippen LogP contribution in [0.25, 0.3) is 0 Å². The molecule has 1 aliphatic heterocycles. The molecule has 2 amide bonds. The Hall–Kier alpha value is -1.26. The molecular weight excluding hydrogens is 220 g/mol. The van der Waals surface area contributed by atoms with E-state index in [1.165, 1.54) is 17.7 Å². The molecule has 5 heteroatoms. The molecule has 17 heavy (non-hydrogen) atoms. The van der Waals surface area contributed by atoms with Crippen LogP contribution >= 0.6 is 0 Å². The smallest absolute Gasteiger partial charge is 0.319 e. The zero-order valence-corrected chi connectivity index (χ0v) is 10.7. The van der Waals surface area contributed by atoms with Crippen molar-refractivity contribution in [3.05, 3.63) is 0 Å². The third kappa shape index (κ3) is 4.24. The highest BCUT2D eigenvalue weighted by Gasteiger charge is 2.22. The van der Waals surface area contributed by atoms with Gasteiger partial charge in [-0.15, -0.1) is 0 Å². The van der Waals surface area contributed by atoms with Crippen LogP contribution in [0.5, 0.6) is 0 Å². The number of nitrogens with zero attached hydrogens (tertiary/aromatic N) is 2. The summed E-state index contributed by atoms with van der Waals surface area (Å²) in [7, 11) is 1.67. The number of carboxylic acids is 1. The van der Waals surface area contributed by atoms with Crippen molar-refractivity contribution in [1.29, 1.82) is 0 Å². The lowest BCUT2D eigenvalue weighted by atomic mass is 10.2. The van der Waals surface area contributed by atoms with Crippen LogP contribution in [0.3, 0.4) is 0 Å². The average molecular weight is 242 g/mol. The summed E-state index contributed by atoms with van der Waals surface area (Å²) in [5, 5.41) is 8.82. The average Bonchev–Trinajstić information content (AvgIpc) is 2.56. The fourth-order valence-electron chi connectivity index (χ4n) is 2.07. The Bertz CT molecular complexity index is 273. The van der Waals surface area contributed by atoms with Crippen LogP contribution in [0, 0.1) is 5.92 Å². The highest BCUT2D eigenvalue weighted by atomic mass is 16.4. The molecule has 1 fully saturated rings. The predicted octanol–water partition coefficient (Wildman–Crippen LogP) is 1.63. The van der Waals surface area contributed by atoms with Crippen molar-refractivity contribution in [2.24, 2.45) is 5.92 Å². The van der Waals surface area contributed by atoms with Gasteiger partial charge in [0, 0.05) is 26.7 Å². The van der Waals surface area contributed by atoms with Gasteiger partial charge < -0.3 is 14.9 Å². The van der Waals surface area contributed by atoms with E-state index in [0.717, 1.165) is 25.9 Å². The Labute approximate surface area is 102 Å². The second-order valence-electron chi connectivity index (χ2n) is 4.80. The van der Waals surface area contributed by atoms with Gasteiger partial charge >= 0.3 is 12.0 Å². The van der Waals surface area contributed by atoms with E-state index < -0.39 is 11.9 Å². The maximum Gasteiger partial charge on any atom is 0.319 e. The van der Waals surface area contributed by atoms with Gasteiger partial charge in [-0.2, -0.15) is 0 Å². The van der Waals surface area contributed by atoms with E-state index in [1.54, 1.807) is 14.0 Å². The van der Waals surface area contributed by atoms with Gasteiger partial charge in [-0.1, -0.05) is 19.8 Å². The standard InChI is InChI=1S/C12H22N2O3/c1-10(11(15)16)9-13(2)12(17)14-7-5-3-4-6-8-14/h10H,3-9H2,1-2H3,(H,15,16). The molecule has 0 saturated carbocycles. The zero-order chi connectivity index (χ0) is 12.8. The number of hydrogen-bond acceptors (Lipinski definition) is 2. The topological polar surface area (TPSA) is 60.9 Å². The summed E-state index contributed by atoms with van der Waals surface area (Å²) in [4.78, 5) is 26.2. The minimum Gasteiger partial charge on any atom is -0.481 e. The molecule has 0 spiro atoms. The zero-order valence-electron chi connectivity index (χ0n) is 10.7. The minimum absolute atomic E-state index is 0.0417. The predicted molar refractivity (Wildman–Crippen MR) is 64.9 cm³/mol. The third-order valence-electron chi connectivity index (χ3n) is 3.17. The summed E-state index contributed by atoms with van der Waals surface area (Å²) in [6.07, 6.45) is 4.46. The van der Waals surface area contributed by atoms with Crippen molar-refractivity contribution >= 4 is 12.0 Å². The number of aliphatic carboxylic acids is 1. The number of amides is 2. The first-order valence-corrected chi connectivity index (χ1v) is 6.25. The molecule has 5 nitrogen and oxygen atoms in total.